The van der Waals surface area contributed by atoms with Gasteiger partial charge in [0.15, 0.2) is 0 Å². The molecule has 0 fully saturated rings. The van der Waals surface area contributed by atoms with Crippen molar-refractivity contribution in [1.29, 1.82) is 0 Å². The number of allylic oxidation sites excluding steroid dienone is 1. The van der Waals surface area contributed by atoms with Crippen LogP contribution in [0.25, 0.3) is 0 Å². The highest BCUT2D eigenvalue weighted by Gasteiger charge is 2.18. The van der Waals surface area contributed by atoms with Crippen LogP contribution < -0.4 is 9.80 Å². The highest BCUT2D eigenvalue weighted by atomic mass is 15.2. The predicted octanol–water partition coefficient (Wildman–Crippen LogP) is 4.76. The van der Waals surface area contributed by atoms with E-state index in [0.717, 1.165) is 29.4 Å². The third-order valence-corrected chi connectivity index (χ3v) is 4.35. The van der Waals surface area contributed by atoms with Crippen LogP contribution in [-0.4, -0.2) is 17.0 Å². The van der Waals surface area contributed by atoms with Gasteiger partial charge in [0.25, 0.3) is 0 Å². The standard InChI is InChI=1S/C21H20N4/c1-16-7-5-10-21(23-16)25(20-9-3-4-13-22-20)18-12-11-17-8-6-14-24(2)19(17)15-18/h3-7,9-15H,8H2,1-2H3. The van der Waals surface area contributed by atoms with Crippen molar-refractivity contribution in [2.45, 2.75) is 13.3 Å². The first-order valence-corrected chi connectivity index (χ1v) is 8.39. The van der Waals surface area contributed by atoms with Gasteiger partial charge in [-0.2, -0.15) is 0 Å². The molecule has 4 heteroatoms. The quantitative estimate of drug-likeness (QED) is 0.694. The van der Waals surface area contributed by atoms with E-state index in [2.05, 4.69) is 52.3 Å². The second-order valence-corrected chi connectivity index (χ2v) is 6.17. The summed E-state index contributed by atoms with van der Waals surface area (Å²) in [6, 6.07) is 18.5. The van der Waals surface area contributed by atoms with Crippen LogP contribution in [-0.2, 0) is 6.42 Å². The summed E-state index contributed by atoms with van der Waals surface area (Å²) >= 11 is 0. The maximum Gasteiger partial charge on any atom is 0.138 e. The van der Waals surface area contributed by atoms with Gasteiger partial charge in [-0.25, -0.2) is 9.97 Å². The summed E-state index contributed by atoms with van der Waals surface area (Å²) in [6.07, 6.45) is 7.07. The lowest BCUT2D eigenvalue weighted by atomic mass is 10.0. The van der Waals surface area contributed by atoms with Crippen molar-refractivity contribution in [3.05, 3.63) is 84.3 Å². The first-order chi connectivity index (χ1) is 12.2. The molecule has 0 saturated heterocycles. The predicted molar refractivity (Wildman–Crippen MR) is 103 cm³/mol. The smallest absolute Gasteiger partial charge is 0.138 e. The lowest BCUT2D eigenvalue weighted by molar-refractivity contribution is 1.07. The molecule has 124 valence electrons. The third-order valence-electron chi connectivity index (χ3n) is 4.35. The molecule has 0 saturated carbocycles. The average Bonchev–Trinajstić information content (AvgIpc) is 2.64. The molecule has 0 N–H and O–H groups in total. The zero-order chi connectivity index (χ0) is 17.2. The molecule has 2 aromatic heterocycles. The van der Waals surface area contributed by atoms with E-state index in [1.165, 1.54) is 11.3 Å². The van der Waals surface area contributed by atoms with Gasteiger partial charge < -0.3 is 4.90 Å². The number of benzene rings is 1. The Morgan fingerprint density at radius 2 is 1.88 bits per heavy atom. The van der Waals surface area contributed by atoms with E-state index in [1.807, 2.05) is 49.5 Å². The SMILES string of the molecule is Cc1cccc(N(c2ccc3c(c2)N(C)C=CC3)c2ccccn2)n1. The molecule has 1 aromatic carbocycles. The lowest BCUT2D eigenvalue weighted by Gasteiger charge is -2.27. The van der Waals surface area contributed by atoms with Crippen molar-refractivity contribution < 1.29 is 0 Å². The zero-order valence-corrected chi connectivity index (χ0v) is 14.4. The summed E-state index contributed by atoms with van der Waals surface area (Å²) in [4.78, 5) is 13.5. The van der Waals surface area contributed by atoms with Crippen LogP contribution >= 0.6 is 0 Å². The minimum atomic E-state index is 0.856. The molecule has 4 rings (SSSR count). The van der Waals surface area contributed by atoms with Crippen molar-refractivity contribution in [1.82, 2.24) is 9.97 Å². The van der Waals surface area contributed by atoms with Gasteiger partial charge in [0, 0.05) is 30.8 Å². The molecule has 1 aliphatic rings. The van der Waals surface area contributed by atoms with Crippen LogP contribution in [0.15, 0.2) is 73.1 Å². The number of pyridine rings is 2. The van der Waals surface area contributed by atoms with Crippen LogP contribution in [0.2, 0.25) is 0 Å². The topological polar surface area (TPSA) is 32.3 Å². The number of hydrogen-bond donors (Lipinski definition) is 0. The summed E-state index contributed by atoms with van der Waals surface area (Å²) in [7, 11) is 2.08. The second kappa shape index (κ2) is 6.40. The maximum atomic E-state index is 4.72. The van der Waals surface area contributed by atoms with E-state index >= 15 is 0 Å². The van der Waals surface area contributed by atoms with Crippen LogP contribution in [0.4, 0.5) is 23.0 Å². The molecule has 0 radical (unpaired) electrons. The van der Waals surface area contributed by atoms with Gasteiger partial charge in [-0.15, -0.1) is 0 Å². The Hall–Kier alpha value is -3.14. The number of anilines is 4. The summed E-state index contributed by atoms with van der Waals surface area (Å²) in [5.74, 6) is 1.72. The monoisotopic (exact) mass is 328 g/mol. The average molecular weight is 328 g/mol. The molecule has 0 bridgehead atoms. The van der Waals surface area contributed by atoms with Gasteiger partial charge in [-0.05, 0) is 55.3 Å². The van der Waals surface area contributed by atoms with Gasteiger partial charge in [0.2, 0.25) is 0 Å². The van der Waals surface area contributed by atoms with Crippen molar-refractivity contribution in [2.75, 3.05) is 16.8 Å². The fourth-order valence-corrected chi connectivity index (χ4v) is 3.13. The Morgan fingerprint density at radius 1 is 1.00 bits per heavy atom. The normalized spacial score (nSPS) is 12.8. The molecule has 0 spiro atoms. The number of fused-ring (bicyclic) bond motifs is 1. The van der Waals surface area contributed by atoms with E-state index in [-0.39, 0.29) is 0 Å². The lowest BCUT2D eigenvalue weighted by Crippen LogP contribution is -2.17. The molecule has 3 heterocycles. The van der Waals surface area contributed by atoms with Crippen LogP contribution in [0.1, 0.15) is 11.3 Å². The summed E-state index contributed by atoms with van der Waals surface area (Å²) < 4.78 is 0. The van der Waals surface area contributed by atoms with E-state index in [0.29, 0.717) is 0 Å². The van der Waals surface area contributed by atoms with Crippen LogP contribution in [0, 0.1) is 6.92 Å². The molecule has 3 aromatic rings. The van der Waals surface area contributed by atoms with Crippen molar-refractivity contribution in [3.63, 3.8) is 0 Å². The minimum absolute atomic E-state index is 0.856. The molecule has 0 aliphatic carbocycles. The summed E-state index contributed by atoms with van der Waals surface area (Å²) in [5.41, 5.74) is 4.58. The number of nitrogens with zero attached hydrogens (tertiary/aromatic N) is 4. The van der Waals surface area contributed by atoms with Crippen molar-refractivity contribution >= 4 is 23.0 Å². The Bertz CT molecular complexity index is 918. The molecular formula is C21H20N4. The minimum Gasteiger partial charge on any atom is -0.351 e. The van der Waals surface area contributed by atoms with Crippen LogP contribution in [0.5, 0.6) is 0 Å². The molecule has 25 heavy (non-hydrogen) atoms. The van der Waals surface area contributed by atoms with Crippen LogP contribution in [0.3, 0.4) is 0 Å². The largest absolute Gasteiger partial charge is 0.351 e. The molecular weight excluding hydrogens is 308 g/mol. The number of rotatable bonds is 3. The fraction of sp³-hybridized carbons (Fsp3) is 0.143. The zero-order valence-electron chi connectivity index (χ0n) is 14.4. The van der Waals surface area contributed by atoms with E-state index < -0.39 is 0 Å². The van der Waals surface area contributed by atoms with E-state index in [4.69, 9.17) is 4.98 Å². The Labute approximate surface area is 148 Å². The van der Waals surface area contributed by atoms with Crippen molar-refractivity contribution in [3.8, 4) is 0 Å². The van der Waals surface area contributed by atoms with Gasteiger partial charge in [-0.1, -0.05) is 24.3 Å². The first kappa shape index (κ1) is 15.4. The van der Waals surface area contributed by atoms with Gasteiger partial charge in [-0.3, -0.25) is 4.90 Å². The van der Waals surface area contributed by atoms with Crippen molar-refractivity contribution in [2.24, 2.45) is 0 Å². The van der Waals surface area contributed by atoms with Gasteiger partial charge >= 0.3 is 0 Å². The van der Waals surface area contributed by atoms with E-state index in [9.17, 15) is 0 Å². The Balaban J connectivity index is 1.86. The summed E-state index contributed by atoms with van der Waals surface area (Å²) in [5, 5.41) is 0. The van der Waals surface area contributed by atoms with E-state index in [1.54, 1.807) is 0 Å². The number of aryl methyl sites for hydroxylation is 1. The Morgan fingerprint density at radius 3 is 2.68 bits per heavy atom. The molecule has 1 aliphatic heterocycles. The second-order valence-electron chi connectivity index (χ2n) is 6.17. The number of aromatic nitrogens is 2. The highest BCUT2D eigenvalue weighted by Crippen LogP contribution is 2.36. The first-order valence-electron chi connectivity index (χ1n) is 8.39. The van der Waals surface area contributed by atoms with Gasteiger partial charge in [0.1, 0.15) is 11.6 Å². The highest BCUT2D eigenvalue weighted by molar-refractivity contribution is 5.76. The fourth-order valence-electron chi connectivity index (χ4n) is 3.13. The molecule has 0 unspecified atom stereocenters. The third kappa shape index (κ3) is 2.98. The molecule has 0 atom stereocenters. The molecule has 0 amide bonds. The molecule has 4 nitrogen and oxygen atoms in total. The Kier molecular flexibility index (Phi) is 3.94. The number of hydrogen-bond acceptors (Lipinski definition) is 4. The maximum absolute atomic E-state index is 4.72. The summed E-state index contributed by atoms with van der Waals surface area (Å²) in [6.45, 7) is 2.01. The van der Waals surface area contributed by atoms with Gasteiger partial charge in [0.05, 0.1) is 5.69 Å².